The van der Waals surface area contributed by atoms with Crippen molar-refractivity contribution in [3.8, 4) is 17.2 Å². The van der Waals surface area contributed by atoms with Gasteiger partial charge in [-0.05, 0) is 37.5 Å². The van der Waals surface area contributed by atoms with E-state index in [9.17, 15) is 4.79 Å². The lowest BCUT2D eigenvalue weighted by Gasteiger charge is -2.06. The third kappa shape index (κ3) is 3.92. The summed E-state index contributed by atoms with van der Waals surface area (Å²) in [5.74, 6) is 0.357. The maximum absolute atomic E-state index is 12.1. The summed E-state index contributed by atoms with van der Waals surface area (Å²) in [4.78, 5) is 16.7. The Bertz CT molecular complexity index is 1340. The standard InChI is InChI=1S/C21H19N7O2S/c1-12-14(10-28(2)27-12)13-3-4-15-16(7-13)31-20(23-15)9-19-26-25-18(30-19)8-17(29)24-21(11-22)5-6-21/h3-4,7,10H,5-6,8-9H2,1-2H3,(H,24,29). The fraction of sp³-hybridized carbons (Fsp3) is 0.333. The molecule has 1 N–H and O–H groups in total. The van der Waals surface area contributed by atoms with Crippen LogP contribution in [0, 0.1) is 18.3 Å². The van der Waals surface area contributed by atoms with Gasteiger partial charge in [-0.1, -0.05) is 6.07 Å². The Kier molecular flexibility index (Phi) is 4.55. The number of carbonyl (C=O) groups excluding carboxylic acids is 1. The van der Waals surface area contributed by atoms with Crippen molar-refractivity contribution < 1.29 is 9.21 Å². The highest BCUT2D eigenvalue weighted by Crippen LogP contribution is 2.34. The number of fused-ring (bicyclic) bond motifs is 1. The average Bonchev–Trinajstić information content (AvgIpc) is 3.02. The van der Waals surface area contributed by atoms with E-state index >= 15 is 0 Å². The Balaban J connectivity index is 1.29. The number of nitrogens with one attached hydrogen (secondary N) is 1. The molecule has 0 bridgehead atoms. The molecule has 5 rings (SSSR count). The number of nitrogens with zero attached hydrogens (tertiary/aromatic N) is 6. The number of aryl methyl sites for hydroxylation is 2. The number of nitriles is 1. The highest BCUT2D eigenvalue weighted by atomic mass is 32.1. The first kappa shape index (κ1) is 19.4. The molecule has 1 saturated carbocycles. The van der Waals surface area contributed by atoms with Crippen molar-refractivity contribution in [2.45, 2.75) is 38.1 Å². The molecule has 1 amide bonds. The Morgan fingerprint density at radius 1 is 1.35 bits per heavy atom. The molecular formula is C21H19N7O2S. The quantitative estimate of drug-likeness (QED) is 0.496. The molecule has 0 radical (unpaired) electrons. The molecule has 0 aliphatic heterocycles. The summed E-state index contributed by atoms with van der Waals surface area (Å²) in [6, 6.07) is 8.30. The van der Waals surface area contributed by atoms with Gasteiger partial charge in [-0.2, -0.15) is 10.4 Å². The molecule has 4 aromatic rings. The number of rotatable bonds is 6. The van der Waals surface area contributed by atoms with Crippen LogP contribution >= 0.6 is 11.3 Å². The van der Waals surface area contributed by atoms with Crippen molar-refractivity contribution in [1.82, 2.24) is 30.3 Å². The second kappa shape index (κ2) is 7.28. The van der Waals surface area contributed by atoms with Gasteiger partial charge in [-0.25, -0.2) is 4.98 Å². The number of hydrogen-bond donors (Lipinski definition) is 1. The molecule has 1 aromatic carbocycles. The fourth-order valence-electron chi connectivity index (χ4n) is 3.50. The van der Waals surface area contributed by atoms with Gasteiger partial charge in [0.05, 0.1) is 28.4 Å². The predicted octanol–water partition coefficient (Wildman–Crippen LogP) is 2.69. The van der Waals surface area contributed by atoms with Crippen LogP contribution in [0.1, 0.15) is 35.3 Å². The van der Waals surface area contributed by atoms with E-state index in [-0.39, 0.29) is 18.2 Å². The lowest BCUT2D eigenvalue weighted by molar-refractivity contribution is -0.121. The molecule has 156 valence electrons. The maximum Gasteiger partial charge on any atom is 0.230 e. The molecule has 3 aromatic heterocycles. The van der Waals surface area contributed by atoms with Crippen LogP contribution in [0.2, 0.25) is 0 Å². The van der Waals surface area contributed by atoms with Crippen molar-refractivity contribution in [3.05, 3.63) is 46.9 Å². The number of thiazole rings is 1. The summed E-state index contributed by atoms with van der Waals surface area (Å²) in [6.07, 6.45) is 3.74. The molecule has 9 nitrogen and oxygen atoms in total. The minimum absolute atomic E-state index is 0.0376. The first-order chi connectivity index (χ1) is 14.9. The molecule has 10 heteroatoms. The monoisotopic (exact) mass is 433 g/mol. The lowest BCUT2D eigenvalue weighted by Crippen LogP contribution is -2.36. The van der Waals surface area contributed by atoms with Gasteiger partial charge in [0.15, 0.2) is 0 Å². The summed E-state index contributed by atoms with van der Waals surface area (Å²) >= 11 is 1.57. The van der Waals surface area contributed by atoms with Crippen LogP contribution in [0.4, 0.5) is 0 Å². The van der Waals surface area contributed by atoms with E-state index in [1.807, 2.05) is 37.0 Å². The summed E-state index contributed by atoms with van der Waals surface area (Å²) in [5, 5.41) is 25.1. The van der Waals surface area contributed by atoms with E-state index in [1.165, 1.54) is 0 Å². The Morgan fingerprint density at radius 3 is 2.87 bits per heavy atom. The number of carbonyl (C=O) groups is 1. The molecule has 0 unspecified atom stereocenters. The topological polar surface area (TPSA) is 123 Å². The molecule has 0 saturated heterocycles. The van der Waals surface area contributed by atoms with Gasteiger partial charge < -0.3 is 9.73 Å². The first-order valence-corrected chi connectivity index (χ1v) is 10.7. The van der Waals surface area contributed by atoms with Gasteiger partial charge in [-0.15, -0.1) is 21.5 Å². The van der Waals surface area contributed by atoms with Crippen LogP contribution in [-0.2, 0) is 24.7 Å². The zero-order valence-electron chi connectivity index (χ0n) is 17.0. The van der Waals surface area contributed by atoms with Gasteiger partial charge in [0.2, 0.25) is 17.7 Å². The van der Waals surface area contributed by atoms with E-state index in [2.05, 4.69) is 37.7 Å². The van der Waals surface area contributed by atoms with Crippen molar-refractivity contribution in [3.63, 3.8) is 0 Å². The molecule has 1 fully saturated rings. The third-order valence-corrected chi connectivity index (χ3v) is 6.24. The van der Waals surface area contributed by atoms with E-state index in [1.54, 1.807) is 11.3 Å². The zero-order chi connectivity index (χ0) is 21.6. The Labute approximate surface area is 181 Å². The lowest BCUT2D eigenvalue weighted by atomic mass is 10.1. The molecule has 0 spiro atoms. The van der Waals surface area contributed by atoms with E-state index in [0.29, 0.717) is 25.2 Å². The molecule has 1 aliphatic rings. The summed E-state index contributed by atoms with van der Waals surface area (Å²) in [6.45, 7) is 2.00. The van der Waals surface area contributed by atoms with E-state index < -0.39 is 5.54 Å². The number of benzene rings is 1. The summed E-state index contributed by atoms with van der Waals surface area (Å²) in [5.41, 5.74) is 3.40. The largest absolute Gasteiger partial charge is 0.424 e. The Hall–Kier alpha value is -3.58. The smallest absolute Gasteiger partial charge is 0.230 e. The number of amides is 1. The van der Waals surface area contributed by atoms with Crippen LogP contribution in [-0.4, -0.2) is 36.4 Å². The molecule has 0 atom stereocenters. The third-order valence-electron chi connectivity index (χ3n) is 5.22. The number of aromatic nitrogens is 5. The van der Waals surface area contributed by atoms with E-state index in [4.69, 9.17) is 9.68 Å². The van der Waals surface area contributed by atoms with Crippen molar-refractivity contribution in [2.24, 2.45) is 7.05 Å². The van der Waals surface area contributed by atoms with E-state index in [0.717, 1.165) is 32.0 Å². The van der Waals surface area contributed by atoms with Crippen molar-refractivity contribution >= 4 is 27.5 Å². The van der Waals surface area contributed by atoms with Crippen LogP contribution in [0.25, 0.3) is 21.3 Å². The molecule has 3 heterocycles. The predicted molar refractivity (Wildman–Crippen MR) is 113 cm³/mol. The minimum atomic E-state index is -0.700. The van der Waals surface area contributed by atoms with Crippen LogP contribution in [0.15, 0.2) is 28.8 Å². The second-order valence-electron chi connectivity index (χ2n) is 7.78. The summed E-state index contributed by atoms with van der Waals surface area (Å²) in [7, 11) is 1.91. The minimum Gasteiger partial charge on any atom is -0.424 e. The SMILES string of the molecule is Cc1nn(C)cc1-c1ccc2nc(Cc3nnc(CC(=O)NC4(C#N)CC4)o3)sc2c1. The molecule has 1 aliphatic carbocycles. The van der Waals surface area contributed by atoms with Crippen molar-refractivity contribution in [1.29, 1.82) is 5.26 Å². The average molecular weight is 433 g/mol. The van der Waals surface area contributed by atoms with Gasteiger partial charge in [0, 0.05) is 18.8 Å². The van der Waals surface area contributed by atoms with Gasteiger partial charge in [0.1, 0.15) is 17.0 Å². The summed E-state index contributed by atoms with van der Waals surface area (Å²) < 4.78 is 8.51. The zero-order valence-corrected chi connectivity index (χ0v) is 17.9. The second-order valence-corrected chi connectivity index (χ2v) is 8.89. The fourth-order valence-corrected chi connectivity index (χ4v) is 4.49. The molecular weight excluding hydrogens is 414 g/mol. The Morgan fingerprint density at radius 2 is 2.16 bits per heavy atom. The van der Waals surface area contributed by atoms with Crippen LogP contribution in [0.3, 0.4) is 0 Å². The van der Waals surface area contributed by atoms with Gasteiger partial charge in [-0.3, -0.25) is 9.48 Å². The highest BCUT2D eigenvalue weighted by molar-refractivity contribution is 7.18. The van der Waals surface area contributed by atoms with Gasteiger partial charge in [0.25, 0.3) is 0 Å². The van der Waals surface area contributed by atoms with Crippen LogP contribution in [0.5, 0.6) is 0 Å². The first-order valence-electron chi connectivity index (χ1n) is 9.87. The van der Waals surface area contributed by atoms with Crippen molar-refractivity contribution in [2.75, 3.05) is 0 Å². The van der Waals surface area contributed by atoms with Gasteiger partial charge >= 0.3 is 0 Å². The van der Waals surface area contributed by atoms with Crippen LogP contribution < -0.4 is 5.32 Å². The normalized spacial score (nSPS) is 14.5. The number of hydrogen-bond acceptors (Lipinski definition) is 8. The maximum atomic E-state index is 12.1. The molecule has 31 heavy (non-hydrogen) atoms. The highest BCUT2D eigenvalue weighted by Gasteiger charge is 2.44.